The molecule has 0 fully saturated rings. The third kappa shape index (κ3) is 3.30. The first-order valence-electron chi connectivity index (χ1n) is 9.98. The summed E-state index contributed by atoms with van der Waals surface area (Å²) in [7, 11) is 1.64. The van der Waals surface area contributed by atoms with Crippen LogP contribution in [0.2, 0.25) is 0 Å². The molecule has 0 aromatic heterocycles. The predicted molar refractivity (Wildman–Crippen MR) is 123 cm³/mol. The minimum atomic E-state index is -1.72. The Morgan fingerprint density at radius 1 is 0.900 bits per heavy atom. The van der Waals surface area contributed by atoms with Gasteiger partial charge in [0.1, 0.15) is 5.75 Å². The maximum atomic E-state index is 12.3. The van der Waals surface area contributed by atoms with E-state index in [0.29, 0.717) is 5.71 Å². The van der Waals surface area contributed by atoms with Crippen molar-refractivity contribution in [1.29, 1.82) is 0 Å². The zero-order valence-corrected chi connectivity index (χ0v) is 17.4. The Kier molecular flexibility index (Phi) is 5.23. The van der Waals surface area contributed by atoms with Crippen LogP contribution in [-0.2, 0) is 4.79 Å². The maximum absolute atomic E-state index is 12.3. The van der Waals surface area contributed by atoms with E-state index < -0.39 is 6.42 Å². The number of hydrogen-bond donors (Lipinski definition) is 1. The molecule has 30 heavy (non-hydrogen) atoms. The predicted octanol–water partition coefficient (Wildman–Crippen LogP) is 1.26. The molecule has 1 N–H and O–H groups in total. The van der Waals surface area contributed by atoms with Crippen molar-refractivity contribution >= 4 is 40.2 Å². The largest absolute Gasteiger partial charge is 0.497 e. The highest BCUT2D eigenvalue weighted by atomic mass is 16.5. The standard InChI is InChI=1S/C24H24BN3O2/c1-18-24(19(2)29)27-28(22-14-16-23(30-3)17-15-22)25(26-18,20-10-6-4-7-11-20)21-12-8-5-9-13-21/h4-17,26H,1-3H3. The number of anilines is 1. The van der Waals surface area contributed by atoms with Crippen LogP contribution in [0.4, 0.5) is 5.69 Å². The van der Waals surface area contributed by atoms with Gasteiger partial charge in [-0.15, -0.1) is 10.9 Å². The van der Waals surface area contributed by atoms with Gasteiger partial charge >= 0.3 is 6.42 Å². The summed E-state index contributed by atoms with van der Waals surface area (Å²) in [5.74, 6) is 0.684. The SMILES string of the molecule is COc1ccc(N2N=C(C(C)=O)C(C)=[NH+][B-]2(c2ccccc2)c2ccccc2)cc1. The van der Waals surface area contributed by atoms with Crippen molar-refractivity contribution in [3.8, 4) is 5.75 Å². The van der Waals surface area contributed by atoms with E-state index >= 15 is 0 Å². The number of carbonyl (C=O) groups is 1. The molecule has 0 bridgehead atoms. The van der Waals surface area contributed by atoms with Crippen molar-refractivity contribution in [2.24, 2.45) is 5.10 Å². The fraction of sp³-hybridized carbons (Fsp3) is 0.125. The Hall–Kier alpha value is -3.67. The molecule has 0 spiro atoms. The van der Waals surface area contributed by atoms with Crippen molar-refractivity contribution in [1.82, 2.24) is 0 Å². The molecule has 1 aliphatic rings. The first-order chi connectivity index (χ1) is 14.6. The first-order valence-corrected chi connectivity index (χ1v) is 9.98. The highest BCUT2D eigenvalue weighted by molar-refractivity contribution is 6.99. The summed E-state index contributed by atoms with van der Waals surface area (Å²) < 4.78 is 5.33. The van der Waals surface area contributed by atoms with Gasteiger partial charge in [0.2, 0.25) is 0 Å². The molecule has 1 aliphatic heterocycles. The summed E-state index contributed by atoms with van der Waals surface area (Å²) in [6.07, 6.45) is -1.72. The molecule has 0 unspecified atom stereocenters. The molecule has 4 rings (SSSR count). The number of nitrogens with one attached hydrogen (secondary N) is 1. The molecule has 0 radical (unpaired) electrons. The number of benzene rings is 3. The van der Waals surface area contributed by atoms with Crippen molar-refractivity contribution in [2.75, 3.05) is 12.0 Å². The fourth-order valence-electron chi connectivity index (χ4n) is 4.17. The van der Waals surface area contributed by atoms with Gasteiger partial charge in [0, 0.05) is 19.5 Å². The van der Waals surface area contributed by atoms with Crippen molar-refractivity contribution in [2.45, 2.75) is 13.8 Å². The number of hydrazone groups is 1. The zero-order valence-electron chi connectivity index (χ0n) is 17.4. The van der Waals surface area contributed by atoms with Crippen LogP contribution in [0, 0.1) is 0 Å². The summed E-state index contributed by atoms with van der Waals surface area (Å²) in [5.41, 5.74) is 4.20. The second-order valence-electron chi connectivity index (χ2n) is 7.46. The lowest BCUT2D eigenvalue weighted by Gasteiger charge is -2.44. The molecule has 0 saturated heterocycles. The van der Waals surface area contributed by atoms with Gasteiger partial charge in [0.05, 0.1) is 7.11 Å². The summed E-state index contributed by atoms with van der Waals surface area (Å²) in [6, 6.07) is 28.2. The molecular weight excluding hydrogens is 373 g/mol. The topological polar surface area (TPSA) is 55.9 Å². The monoisotopic (exact) mass is 397 g/mol. The molecular formula is C24H24BN3O2. The highest BCUT2D eigenvalue weighted by Crippen LogP contribution is 2.24. The number of ketones is 1. The third-order valence-electron chi connectivity index (χ3n) is 5.59. The van der Waals surface area contributed by atoms with E-state index in [1.165, 1.54) is 0 Å². The second-order valence-corrected chi connectivity index (χ2v) is 7.46. The number of ether oxygens (including phenoxy) is 1. The van der Waals surface area contributed by atoms with Gasteiger partial charge < -0.3 is 14.6 Å². The van der Waals surface area contributed by atoms with Crippen molar-refractivity contribution in [3.63, 3.8) is 0 Å². The Labute approximate surface area is 176 Å². The normalized spacial score (nSPS) is 15.2. The van der Waals surface area contributed by atoms with Crippen LogP contribution < -0.4 is 25.5 Å². The minimum absolute atomic E-state index is 0.0796. The van der Waals surface area contributed by atoms with Crippen LogP contribution >= 0.6 is 0 Å². The molecule has 0 atom stereocenters. The lowest BCUT2D eigenvalue weighted by Crippen LogP contribution is -3.06. The van der Waals surface area contributed by atoms with Gasteiger partial charge in [-0.2, -0.15) is 5.10 Å². The van der Waals surface area contributed by atoms with Gasteiger partial charge in [-0.1, -0.05) is 60.7 Å². The van der Waals surface area contributed by atoms with Crippen molar-refractivity contribution < 1.29 is 14.4 Å². The molecule has 3 aromatic carbocycles. The van der Waals surface area contributed by atoms with Gasteiger partial charge in [0.25, 0.3) is 0 Å². The number of hydrogen-bond acceptors (Lipinski definition) is 4. The fourth-order valence-corrected chi connectivity index (χ4v) is 4.17. The van der Waals surface area contributed by atoms with Crippen LogP contribution in [0.15, 0.2) is 90.0 Å². The lowest BCUT2D eigenvalue weighted by molar-refractivity contribution is -0.301. The summed E-state index contributed by atoms with van der Waals surface area (Å²) in [6.45, 7) is 3.45. The minimum Gasteiger partial charge on any atom is -0.497 e. The zero-order chi connectivity index (χ0) is 21.1. The van der Waals surface area contributed by atoms with E-state index in [9.17, 15) is 4.79 Å². The molecule has 1 heterocycles. The van der Waals surface area contributed by atoms with E-state index in [4.69, 9.17) is 9.84 Å². The quantitative estimate of drug-likeness (QED) is 0.660. The van der Waals surface area contributed by atoms with E-state index in [2.05, 4.69) is 29.2 Å². The van der Waals surface area contributed by atoms with Gasteiger partial charge in [0.15, 0.2) is 17.2 Å². The van der Waals surface area contributed by atoms with E-state index in [0.717, 1.165) is 28.1 Å². The summed E-state index contributed by atoms with van der Waals surface area (Å²) >= 11 is 0. The smallest absolute Gasteiger partial charge is 0.443 e. The van der Waals surface area contributed by atoms with E-state index in [-0.39, 0.29) is 5.78 Å². The highest BCUT2D eigenvalue weighted by Gasteiger charge is 2.47. The first kappa shape index (κ1) is 19.6. The summed E-state index contributed by atoms with van der Waals surface area (Å²) in [5, 5.41) is 4.88. The Balaban J connectivity index is 2.03. The van der Waals surface area contributed by atoms with Crippen LogP contribution in [-0.4, -0.2) is 30.7 Å². The summed E-state index contributed by atoms with van der Waals surface area (Å²) in [4.78, 5) is 18.0. The molecule has 0 saturated carbocycles. The van der Waals surface area contributed by atoms with Crippen LogP contribution in [0.3, 0.4) is 0 Å². The van der Waals surface area contributed by atoms with Crippen molar-refractivity contribution in [3.05, 3.63) is 84.9 Å². The molecule has 6 heteroatoms. The van der Waals surface area contributed by atoms with Crippen LogP contribution in [0.25, 0.3) is 0 Å². The van der Waals surface area contributed by atoms with Crippen LogP contribution in [0.1, 0.15) is 13.8 Å². The molecule has 150 valence electrons. The Bertz CT molecular complexity index is 1070. The van der Waals surface area contributed by atoms with Gasteiger partial charge in [-0.3, -0.25) is 4.79 Å². The van der Waals surface area contributed by atoms with Gasteiger partial charge in [-0.25, -0.2) is 0 Å². The lowest BCUT2D eigenvalue weighted by atomic mass is 9.36. The van der Waals surface area contributed by atoms with E-state index in [1.807, 2.05) is 72.5 Å². The average Bonchev–Trinajstić information content (AvgIpc) is 2.80. The Morgan fingerprint density at radius 2 is 1.43 bits per heavy atom. The molecule has 0 aliphatic carbocycles. The number of rotatable bonds is 5. The molecule has 0 amide bonds. The number of carbonyl (C=O) groups excluding carboxylic acids is 1. The van der Waals surface area contributed by atoms with Gasteiger partial charge in [-0.05, 0) is 24.3 Å². The van der Waals surface area contributed by atoms with E-state index in [1.54, 1.807) is 14.0 Å². The molecule has 3 aromatic rings. The second kappa shape index (κ2) is 7.99. The Morgan fingerprint density at radius 3 is 1.90 bits per heavy atom. The number of nitrogens with zero attached hydrogens (tertiary/aromatic N) is 2. The maximum Gasteiger partial charge on any atom is 0.443 e. The average molecular weight is 397 g/mol. The van der Waals surface area contributed by atoms with Crippen LogP contribution in [0.5, 0.6) is 5.75 Å². The number of methoxy groups -OCH3 is 1. The third-order valence-corrected chi connectivity index (χ3v) is 5.59. The molecule has 5 nitrogen and oxygen atoms in total. The number of Topliss-reactive ketones (excluding diaryl/α,β-unsaturated/α-hetero) is 1.